The average Bonchev–Trinajstić information content (AvgIpc) is 2.53. The van der Waals surface area contributed by atoms with Crippen LogP contribution in [0.1, 0.15) is 33.1 Å². The molecule has 0 aromatic rings. The summed E-state index contributed by atoms with van der Waals surface area (Å²) in [7, 11) is 0. The molecule has 2 saturated carbocycles. The van der Waals surface area contributed by atoms with Gasteiger partial charge in [0.25, 0.3) is 0 Å². The van der Waals surface area contributed by atoms with Crippen LogP contribution < -0.4 is 56.5 Å². The van der Waals surface area contributed by atoms with E-state index < -0.39 is 17.5 Å². The molecule has 0 heterocycles. The molecule has 0 aromatic heterocycles. The van der Waals surface area contributed by atoms with Crippen LogP contribution in [0.3, 0.4) is 0 Å². The van der Waals surface area contributed by atoms with Gasteiger partial charge in [0.05, 0.1) is 12.1 Å². The molecule has 14 heavy (non-hydrogen) atoms. The van der Waals surface area contributed by atoms with Crippen molar-refractivity contribution >= 4 is 5.97 Å². The molecule has 3 nitrogen and oxygen atoms in total. The first-order valence-electron chi connectivity index (χ1n) is 4.81. The van der Waals surface area contributed by atoms with Crippen LogP contribution in [-0.2, 0) is 4.79 Å². The average molecular weight is 222 g/mol. The summed E-state index contributed by atoms with van der Waals surface area (Å²) >= 11 is 0. The zero-order chi connectivity index (χ0) is 9.85. The van der Waals surface area contributed by atoms with Crippen LogP contribution in [0.5, 0.6) is 0 Å². The molecule has 74 valence electrons. The zero-order valence-electron chi connectivity index (χ0n) is 9.04. The number of aliphatic carboxylic acids is 1. The van der Waals surface area contributed by atoms with E-state index in [9.17, 15) is 15.0 Å². The maximum absolute atomic E-state index is 11.0. The first-order valence-corrected chi connectivity index (χ1v) is 4.81. The van der Waals surface area contributed by atoms with Crippen LogP contribution >= 0.6 is 0 Å². The Balaban J connectivity index is 0.000000980. The number of carbonyl (C=O) groups excluding carboxylic acids is 1. The minimum atomic E-state index is -1.06. The van der Waals surface area contributed by atoms with Crippen molar-refractivity contribution in [3.63, 3.8) is 0 Å². The van der Waals surface area contributed by atoms with Crippen LogP contribution in [-0.4, -0.2) is 17.2 Å². The predicted molar refractivity (Wildman–Crippen MR) is 44.6 cm³/mol. The maximum Gasteiger partial charge on any atom is 1.00 e. The first-order chi connectivity index (χ1) is 5.91. The maximum atomic E-state index is 11.0. The molecule has 2 unspecified atom stereocenters. The summed E-state index contributed by atoms with van der Waals surface area (Å²) in [5.74, 6) is -0.714. The third kappa shape index (κ3) is 1.46. The molecule has 2 rings (SSSR count). The predicted octanol–water partition coefficient (Wildman–Crippen LogP) is -3.07. The minimum Gasteiger partial charge on any atom is -0.549 e. The Labute approximate surface area is 127 Å². The topological polar surface area (TPSA) is 60.4 Å². The second-order valence-electron chi connectivity index (χ2n) is 5.11. The zero-order valence-corrected chi connectivity index (χ0v) is 12.2. The number of hydrogen-bond acceptors (Lipinski definition) is 3. The monoisotopic (exact) mass is 222 g/mol. The molecular formula is C10H15KO3. The molecule has 3 atom stereocenters. The van der Waals surface area contributed by atoms with Gasteiger partial charge in [0, 0.05) is 5.41 Å². The number of aliphatic hydroxyl groups is 1. The van der Waals surface area contributed by atoms with E-state index in [0.29, 0.717) is 18.8 Å². The van der Waals surface area contributed by atoms with Crippen LogP contribution in [0, 0.1) is 16.7 Å². The third-order valence-electron chi connectivity index (χ3n) is 4.24. The summed E-state index contributed by atoms with van der Waals surface area (Å²) in [6.45, 7) is 3.90. The van der Waals surface area contributed by atoms with Crippen molar-refractivity contribution in [3.05, 3.63) is 0 Å². The van der Waals surface area contributed by atoms with Crippen molar-refractivity contribution in [1.29, 1.82) is 0 Å². The number of hydrogen-bond donors (Lipinski definition) is 1. The minimum absolute atomic E-state index is 0. The van der Waals surface area contributed by atoms with E-state index in [2.05, 4.69) is 0 Å². The van der Waals surface area contributed by atoms with Crippen LogP contribution in [0.4, 0.5) is 0 Å². The molecule has 0 aliphatic heterocycles. The quantitative estimate of drug-likeness (QED) is 0.479. The Morgan fingerprint density at radius 2 is 2.07 bits per heavy atom. The first kappa shape index (κ1) is 13.1. The van der Waals surface area contributed by atoms with Crippen molar-refractivity contribution in [3.8, 4) is 0 Å². The second-order valence-corrected chi connectivity index (χ2v) is 5.11. The van der Waals surface area contributed by atoms with Crippen LogP contribution in [0.25, 0.3) is 0 Å². The van der Waals surface area contributed by atoms with Crippen molar-refractivity contribution in [1.82, 2.24) is 0 Å². The number of fused-ring (bicyclic) bond motifs is 2. The second kappa shape index (κ2) is 3.82. The Morgan fingerprint density at radius 3 is 2.36 bits per heavy atom. The van der Waals surface area contributed by atoms with Crippen molar-refractivity contribution < 1.29 is 66.4 Å². The fourth-order valence-corrected chi connectivity index (χ4v) is 3.19. The largest absolute Gasteiger partial charge is 1.00 e. The van der Waals surface area contributed by atoms with Gasteiger partial charge in [-0.1, -0.05) is 13.8 Å². The van der Waals surface area contributed by atoms with Gasteiger partial charge in [-0.15, -0.1) is 0 Å². The molecule has 2 fully saturated rings. The van der Waals surface area contributed by atoms with Gasteiger partial charge in [-0.3, -0.25) is 0 Å². The molecular weight excluding hydrogens is 207 g/mol. The molecule has 2 aliphatic carbocycles. The smallest absolute Gasteiger partial charge is 0.549 e. The summed E-state index contributed by atoms with van der Waals surface area (Å²) in [6.07, 6.45) is 1.37. The van der Waals surface area contributed by atoms with Crippen LogP contribution in [0.15, 0.2) is 0 Å². The molecule has 4 heteroatoms. The summed E-state index contributed by atoms with van der Waals surface area (Å²) in [5.41, 5.74) is -1.19. The van der Waals surface area contributed by atoms with Gasteiger partial charge in [0.1, 0.15) is 0 Å². The summed E-state index contributed by atoms with van der Waals surface area (Å²) in [4.78, 5) is 11.0. The fraction of sp³-hybridized carbons (Fsp3) is 0.900. The molecule has 0 saturated heterocycles. The van der Waals surface area contributed by atoms with Crippen molar-refractivity contribution in [2.45, 2.75) is 39.2 Å². The van der Waals surface area contributed by atoms with E-state index in [1.807, 2.05) is 13.8 Å². The number of rotatable bonds is 1. The van der Waals surface area contributed by atoms with Gasteiger partial charge in [-0.2, -0.15) is 0 Å². The van der Waals surface area contributed by atoms with Crippen molar-refractivity contribution in [2.24, 2.45) is 16.7 Å². The molecule has 0 radical (unpaired) electrons. The standard InChI is InChI=1S/C10H16O3.K/c1-9(2)6-3-4-10(5-6,7(9)11)8(12)13;/h6-7,11H,3-5H2,1-2H3,(H,12,13);/q;+1/p-1/t6?,7-,10?;/m1./s1. The number of carbonyl (C=O) groups is 1. The SMILES string of the molecule is CC1(C)C2CCC(C(=O)[O-])(C2)[C@@H]1O.[K+]. The molecule has 0 amide bonds. The molecule has 1 N–H and O–H groups in total. The van der Waals surface area contributed by atoms with Gasteiger partial charge in [-0.05, 0) is 30.6 Å². The molecule has 2 bridgehead atoms. The normalized spacial score (nSPS) is 43.4. The molecule has 0 aromatic carbocycles. The summed E-state index contributed by atoms with van der Waals surface area (Å²) < 4.78 is 0. The Hall–Kier alpha value is 1.07. The number of carboxylic acids is 1. The Morgan fingerprint density at radius 1 is 1.50 bits per heavy atom. The van der Waals surface area contributed by atoms with E-state index in [1.54, 1.807) is 0 Å². The van der Waals surface area contributed by atoms with E-state index >= 15 is 0 Å². The number of carboxylic acid groups (broad SMARTS) is 1. The van der Waals surface area contributed by atoms with Gasteiger partial charge < -0.3 is 15.0 Å². The van der Waals surface area contributed by atoms with Gasteiger partial charge in [0.2, 0.25) is 0 Å². The molecule has 0 spiro atoms. The number of aliphatic hydroxyl groups excluding tert-OH is 1. The van der Waals surface area contributed by atoms with Gasteiger partial charge >= 0.3 is 51.4 Å². The van der Waals surface area contributed by atoms with E-state index in [0.717, 1.165) is 6.42 Å². The van der Waals surface area contributed by atoms with Gasteiger partial charge in [-0.25, -0.2) is 0 Å². The summed E-state index contributed by atoms with van der Waals surface area (Å²) in [6, 6.07) is 0. The Bertz CT molecular complexity index is 264. The Kier molecular flexibility index (Phi) is 3.59. The van der Waals surface area contributed by atoms with Gasteiger partial charge in [0.15, 0.2) is 0 Å². The van der Waals surface area contributed by atoms with Crippen molar-refractivity contribution in [2.75, 3.05) is 0 Å². The third-order valence-corrected chi connectivity index (χ3v) is 4.24. The summed E-state index contributed by atoms with van der Waals surface area (Å²) in [5, 5.41) is 21.0. The van der Waals surface area contributed by atoms with Crippen LogP contribution in [0.2, 0.25) is 0 Å². The molecule has 2 aliphatic rings. The van der Waals surface area contributed by atoms with E-state index in [1.165, 1.54) is 0 Å². The fourth-order valence-electron chi connectivity index (χ4n) is 3.19. The van der Waals surface area contributed by atoms with E-state index in [4.69, 9.17) is 0 Å². The van der Waals surface area contributed by atoms with E-state index in [-0.39, 0.29) is 56.8 Å².